The fourth-order valence-corrected chi connectivity index (χ4v) is 3.21. The fraction of sp³-hybridized carbons (Fsp3) is 0.111. The van der Waals surface area contributed by atoms with Crippen LogP contribution < -0.4 is 19.5 Å². The molecular formula is C18H13FN2O4S. The van der Waals surface area contributed by atoms with E-state index in [2.05, 4.69) is 10.3 Å². The molecule has 1 N–H and O–H groups in total. The van der Waals surface area contributed by atoms with Gasteiger partial charge in [0, 0.05) is 17.0 Å². The number of methoxy groups -OCH3 is 1. The quantitative estimate of drug-likeness (QED) is 0.751. The summed E-state index contributed by atoms with van der Waals surface area (Å²) >= 11 is 1.25. The van der Waals surface area contributed by atoms with Crippen LogP contribution in [0.3, 0.4) is 0 Å². The van der Waals surface area contributed by atoms with Crippen molar-refractivity contribution in [3.63, 3.8) is 0 Å². The number of amides is 1. The molecule has 0 saturated carbocycles. The van der Waals surface area contributed by atoms with Crippen molar-refractivity contribution in [2.24, 2.45) is 0 Å². The molecule has 0 unspecified atom stereocenters. The number of hydrogen-bond acceptors (Lipinski definition) is 6. The van der Waals surface area contributed by atoms with Crippen molar-refractivity contribution < 1.29 is 23.4 Å². The average Bonchev–Trinajstić information content (AvgIpc) is 3.29. The molecule has 0 saturated heterocycles. The summed E-state index contributed by atoms with van der Waals surface area (Å²) < 4.78 is 29.6. The van der Waals surface area contributed by atoms with Gasteiger partial charge >= 0.3 is 0 Å². The lowest BCUT2D eigenvalue weighted by Gasteiger charge is -2.05. The highest BCUT2D eigenvalue weighted by molar-refractivity contribution is 7.14. The van der Waals surface area contributed by atoms with Gasteiger partial charge in [0.25, 0.3) is 5.91 Å². The number of nitrogens with zero attached hydrogens (tertiary/aromatic N) is 1. The summed E-state index contributed by atoms with van der Waals surface area (Å²) in [5.74, 6) is 0.457. The molecule has 1 aliphatic rings. The molecule has 1 amide bonds. The fourth-order valence-electron chi connectivity index (χ4n) is 2.49. The molecule has 3 aromatic rings. The van der Waals surface area contributed by atoms with Crippen molar-refractivity contribution in [1.82, 2.24) is 4.98 Å². The number of halogens is 1. The first-order valence-corrected chi connectivity index (χ1v) is 8.52. The number of nitrogens with one attached hydrogen (secondary N) is 1. The normalized spacial score (nSPS) is 12.1. The number of thiazole rings is 1. The van der Waals surface area contributed by atoms with E-state index in [0.29, 0.717) is 28.1 Å². The molecule has 1 aliphatic heterocycles. The predicted molar refractivity (Wildman–Crippen MR) is 94.6 cm³/mol. The SMILES string of the molecule is COc1ccc(C(=O)Nc2nc(-c3ccc4c(c3)OCO4)cs2)c(F)c1. The van der Waals surface area contributed by atoms with Crippen molar-refractivity contribution in [2.75, 3.05) is 19.2 Å². The van der Waals surface area contributed by atoms with Gasteiger partial charge in [-0.15, -0.1) is 11.3 Å². The Bertz CT molecular complexity index is 989. The minimum absolute atomic E-state index is 0.0781. The van der Waals surface area contributed by atoms with Gasteiger partial charge in [0.2, 0.25) is 6.79 Å². The van der Waals surface area contributed by atoms with E-state index in [0.717, 1.165) is 11.6 Å². The van der Waals surface area contributed by atoms with Gasteiger partial charge in [-0.3, -0.25) is 10.1 Å². The van der Waals surface area contributed by atoms with E-state index in [1.807, 2.05) is 18.2 Å². The number of rotatable bonds is 4. The van der Waals surface area contributed by atoms with Gasteiger partial charge in [0.05, 0.1) is 18.4 Å². The minimum Gasteiger partial charge on any atom is -0.497 e. The second-order valence-corrected chi connectivity index (χ2v) is 6.26. The van der Waals surface area contributed by atoms with E-state index in [4.69, 9.17) is 14.2 Å². The van der Waals surface area contributed by atoms with E-state index in [9.17, 15) is 9.18 Å². The van der Waals surface area contributed by atoms with E-state index in [-0.39, 0.29) is 12.4 Å². The van der Waals surface area contributed by atoms with Gasteiger partial charge < -0.3 is 14.2 Å². The predicted octanol–water partition coefficient (Wildman–Crippen LogP) is 3.94. The molecule has 6 nitrogen and oxygen atoms in total. The number of carbonyl (C=O) groups excluding carboxylic acids is 1. The molecule has 4 rings (SSSR count). The van der Waals surface area contributed by atoms with Crippen molar-refractivity contribution in [3.05, 3.63) is 53.2 Å². The highest BCUT2D eigenvalue weighted by Crippen LogP contribution is 2.36. The highest BCUT2D eigenvalue weighted by Gasteiger charge is 2.17. The Hall–Kier alpha value is -3.13. The summed E-state index contributed by atoms with van der Waals surface area (Å²) in [5.41, 5.74) is 1.44. The van der Waals surface area contributed by atoms with Crippen LogP contribution in [0.2, 0.25) is 0 Å². The Balaban J connectivity index is 1.52. The zero-order valence-electron chi connectivity index (χ0n) is 13.6. The van der Waals surface area contributed by atoms with Crippen LogP contribution >= 0.6 is 11.3 Å². The Kier molecular flexibility index (Phi) is 4.18. The second kappa shape index (κ2) is 6.64. The molecule has 0 radical (unpaired) electrons. The standard InChI is InChI=1S/C18H13FN2O4S/c1-23-11-3-4-12(13(19)7-11)17(22)21-18-20-14(8-26-18)10-2-5-15-16(6-10)25-9-24-15/h2-8H,9H2,1H3,(H,20,21,22). The molecule has 132 valence electrons. The summed E-state index contributed by atoms with van der Waals surface area (Å²) in [6.45, 7) is 0.199. The topological polar surface area (TPSA) is 69.7 Å². The first-order chi connectivity index (χ1) is 12.6. The van der Waals surface area contributed by atoms with Gasteiger partial charge in [-0.1, -0.05) is 0 Å². The third-order valence-corrected chi connectivity index (χ3v) is 4.57. The molecule has 0 spiro atoms. The van der Waals surface area contributed by atoms with Gasteiger partial charge in [0.15, 0.2) is 16.6 Å². The first kappa shape index (κ1) is 16.3. The van der Waals surface area contributed by atoms with Crippen molar-refractivity contribution in [1.29, 1.82) is 0 Å². The van der Waals surface area contributed by atoms with Crippen LogP contribution in [0.5, 0.6) is 17.2 Å². The lowest BCUT2D eigenvalue weighted by atomic mass is 10.1. The van der Waals surface area contributed by atoms with E-state index < -0.39 is 11.7 Å². The molecule has 0 aliphatic carbocycles. The van der Waals surface area contributed by atoms with Gasteiger partial charge in [-0.25, -0.2) is 9.37 Å². The Labute approximate surface area is 152 Å². The van der Waals surface area contributed by atoms with Crippen LogP contribution in [-0.4, -0.2) is 24.8 Å². The van der Waals surface area contributed by atoms with Gasteiger partial charge in [0.1, 0.15) is 11.6 Å². The molecule has 0 bridgehead atoms. The zero-order valence-corrected chi connectivity index (χ0v) is 14.4. The summed E-state index contributed by atoms with van der Waals surface area (Å²) in [6.07, 6.45) is 0. The van der Waals surface area contributed by atoms with Crippen LogP contribution in [0.1, 0.15) is 10.4 Å². The number of hydrogen-bond donors (Lipinski definition) is 1. The van der Waals surface area contributed by atoms with Crippen molar-refractivity contribution >= 4 is 22.4 Å². The van der Waals surface area contributed by atoms with Crippen molar-refractivity contribution in [3.8, 4) is 28.5 Å². The summed E-state index contributed by atoms with van der Waals surface area (Å²) in [4.78, 5) is 16.6. The van der Waals surface area contributed by atoms with Crippen LogP contribution in [0.4, 0.5) is 9.52 Å². The largest absolute Gasteiger partial charge is 0.497 e. The molecule has 26 heavy (non-hydrogen) atoms. The number of ether oxygens (including phenoxy) is 3. The van der Waals surface area contributed by atoms with Gasteiger partial charge in [-0.2, -0.15) is 0 Å². The second-order valence-electron chi connectivity index (χ2n) is 5.41. The average molecular weight is 372 g/mol. The summed E-state index contributed by atoms with van der Waals surface area (Å²) in [5, 5.41) is 4.79. The number of fused-ring (bicyclic) bond motifs is 1. The third kappa shape index (κ3) is 3.06. The van der Waals surface area contributed by atoms with E-state index in [1.54, 1.807) is 5.38 Å². The Morgan fingerprint density at radius 1 is 1.23 bits per heavy atom. The number of carbonyl (C=O) groups is 1. The third-order valence-electron chi connectivity index (χ3n) is 3.81. The van der Waals surface area contributed by atoms with E-state index in [1.165, 1.54) is 30.6 Å². The number of aromatic nitrogens is 1. The monoisotopic (exact) mass is 372 g/mol. The van der Waals surface area contributed by atoms with Crippen molar-refractivity contribution in [2.45, 2.75) is 0 Å². The summed E-state index contributed by atoms with van der Waals surface area (Å²) in [7, 11) is 1.43. The van der Waals surface area contributed by atoms with Crippen LogP contribution in [0.15, 0.2) is 41.8 Å². The smallest absolute Gasteiger partial charge is 0.260 e. The molecule has 1 aromatic heterocycles. The Morgan fingerprint density at radius 2 is 2.08 bits per heavy atom. The molecule has 8 heteroatoms. The van der Waals surface area contributed by atoms with Crippen LogP contribution in [0, 0.1) is 5.82 Å². The maximum atomic E-state index is 14.0. The van der Waals surface area contributed by atoms with Crippen LogP contribution in [0.25, 0.3) is 11.3 Å². The van der Waals surface area contributed by atoms with Crippen LogP contribution in [-0.2, 0) is 0 Å². The molecular weight excluding hydrogens is 359 g/mol. The Morgan fingerprint density at radius 3 is 2.88 bits per heavy atom. The van der Waals surface area contributed by atoms with Gasteiger partial charge in [-0.05, 0) is 30.3 Å². The lowest BCUT2D eigenvalue weighted by molar-refractivity contribution is 0.102. The van der Waals surface area contributed by atoms with E-state index >= 15 is 0 Å². The maximum absolute atomic E-state index is 14.0. The molecule has 0 fully saturated rings. The lowest BCUT2D eigenvalue weighted by Crippen LogP contribution is -2.13. The molecule has 2 heterocycles. The minimum atomic E-state index is -0.658. The highest BCUT2D eigenvalue weighted by atomic mass is 32.1. The molecule has 2 aromatic carbocycles. The first-order valence-electron chi connectivity index (χ1n) is 7.64. The molecule has 0 atom stereocenters. The number of benzene rings is 2. The zero-order chi connectivity index (χ0) is 18.1. The summed E-state index contributed by atoms with van der Waals surface area (Å²) in [6, 6.07) is 9.55. The number of anilines is 1. The maximum Gasteiger partial charge on any atom is 0.260 e.